The second kappa shape index (κ2) is 8.99. The van der Waals surface area contributed by atoms with E-state index in [0.717, 1.165) is 12.8 Å². The summed E-state index contributed by atoms with van der Waals surface area (Å²) in [7, 11) is 3.15. The number of phenolic OH excluding ortho intramolecular Hbond substituents is 1. The largest absolute Gasteiger partial charge is 0.508 e. The van der Waals surface area contributed by atoms with Crippen molar-refractivity contribution in [2.24, 2.45) is 23.0 Å². The van der Waals surface area contributed by atoms with Gasteiger partial charge >= 0.3 is 0 Å². The quantitative estimate of drug-likeness (QED) is 0.376. The number of aryl methyl sites for hydroxylation is 1. The number of benzene rings is 1. The van der Waals surface area contributed by atoms with Gasteiger partial charge in [-0.2, -0.15) is 0 Å². The average Bonchev–Trinajstić information content (AvgIpc) is 2.76. The SMILES string of the molecule is CN(C)[C@@H]1C(=O)C(C(N)=O)=C(O)[C@@]2(O)C(=O)C3=C(O)c4c(ccc(CCCC(C)(C)C)c4O)C[C@H]3C[C@@H]12. The first-order chi connectivity index (χ1) is 17.1. The maximum atomic E-state index is 13.8. The Morgan fingerprint density at radius 1 is 1.16 bits per heavy atom. The summed E-state index contributed by atoms with van der Waals surface area (Å²) < 4.78 is 0. The molecular formula is C28H36N2O7. The van der Waals surface area contributed by atoms with Crippen molar-refractivity contribution >= 4 is 23.2 Å². The zero-order valence-corrected chi connectivity index (χ0v) is 22.0. The first-order valence-electron chi connectivity index (χ1n) is 12.6. The number of ketones is 2. The van der Waals surface area contributed by atoms with Crippen LogP contribution in [0.2, 0.25) is 0 Å². The van der Waals surface area contributed by atoms with E-state index in [4.69, 9.17) is 5.73 Å². The lowest BCUT2D eigenvalue weighted by molar-refractivity contribution is -0.153. The molecule has 1 aromatic carbocycles. The summed E-state index contributed by atoms with van der Waals surface area (Å²) in [5.74, 6) is -6.28. The molecule has 3 aliphatic rings. The van der Waals surface area contributed by atoms with Crippen molar-refractivity contribution in [1.82, 2.24) is 4.90 Å². The second-order valence-electron chi connectivity index (χ2n) is 12.0. The Hall–Kier alpha value is -3.17. The van der Waals surface area contributed by atoms with Crippen LogP contribution in [0.25, 0.3) is 5.76 Å². The van der Waals surface area contributed by atoms with E-state index in [0.29, 0.717) is 24.0 Å². The van der Waals surface area contributed by atoms with Crippen molar-refractivity contribution in [2.45, 2.75) is 64.5 Å². The molecule has 1 aromatic rings. The third-order valence-corrected chi connectivity index (χ3v) is 8.05. The summed E-state index contributed by atoms with van der Waals surface area (Å²) in [5.41, 5.74) is 3.36. The molecule has 200 valence electrons. The number of rotatable bonds is 5. The smallest absolute Gasteiger partial charge is 0.255 e. The number of hydrogen-bond acceptors (Lipinski definition) is 8. The van der Waals surface area contributed by atoms with Gasteiger partial charge in [0.05, 0.1) is 11.6 Å². The summed E-state index contributed by atoms with van der Waals surface area (Å²) in [6.45, 7) is 6.40. The molecule has 4 atom stereocenters. The van der Waals surface area contributed by atoms with Gasteiger partial charge in [0.25, 0.3) is 5.91 Å². The topological polar surface area (TPSA) is 161 Å². The highest BCUT2D eigenvalue weighted by molar-refractivity contribution is 6.24. The standard InChI is InChI=1S/C28H36N2O7/c1-27(2,3)10-6-7-13-8-9-14-11-15-12-16-20(30(4)5)23(33)19(26(29)36)25(35)28(16,37)24(34)18(15)22(32)17(14)21(13)31/h8-9,15-16,20,31-32,35,37H,6-7,10-12H2,1-5H3,(H2,29,36)/t15-,16-,20-,28-/m0/s1. The van der Waals surface area contributed by atoms with Crippen LogP contribution in [0.15, 0.2) is 29.0 Å². The Bertz CT molecular complexity index is 1250. The molecular weight excluding hydrogens is 476 g/mol. The summed E-state index contributed by atoms with van der Waals surface area (Å²) in [6, 6.07) is 2.57. The Balaban J connectivity index is 1.83. The number of fused-ring (bicyclic) bond motifs is 3. The molecule has 37 heavy (non-hydrogen) atoms. The lowest BCUT2D eigenvalue weighted by Crippen LogP contribution is -2.65. The van der Waals surface area contributed by atoms with Crippen molar-refractivity contribution in [1.29, 1.82) is 0 Å². The number of phenols is 1. The molecule has 1 fully saturated rings. The molecule has 0 unspecified atom stereocenters. The van der Waals surface area contributed by atoms with Crippen LogP contribution in [-0.2, 0) is 27.2 Å². The molecule has 4 rings (SSSR count). The van der Waals surface area contributed by atoms with Crippen LogP contribution in [-0.4, -0.2) is 68.5 Å². The van der Waals surface area contributed by atoms with Crippen LogP contribution in [0.1, 0.15) is 56.7 Å². The number of aromatic hydroxyl groups is 1. The Kier molecular flexibility index (Phi) is 6.53. The van der Waals surface area contributed by atoms with Gasteiger partial charge < -0.3 is 26.2 Å². The predicted octanol–water partition coefficient (Wildman–Crippen LogP) is 2.33. The van der Waals surface area contributed by atoms with Crippen LogP contribution in [0.5, 0.6) is 5.75 Å². The number of primary amides is 1. The van der Waals surface area contributed by atoms with Crippen LogP contribution >= 0.6 is 0 Å². The molecule has 9 heteroatoms. The van der Waals surface area contributed by atoms with Crippen molar-refractivity contribution in [3.8, 4) is 5.75 Å². The lowest BCUT2D eigenvalue weighted by Gasteiger charge is -2.50. The van der Waals surface area contributed by atoms with Gasteiger partial charge in [0.15, 0.2) is 11.4 Å². The molecule has 0 saturated heterocycles. The summed E-state index contributed by atoms with van der Waals surface area (Å²) in [5, 5.41) is 44.9. The lowest BCUT2D eigenvalue weighted by atomic mass is 9.57. The monoisotopic (exact) mass is 512 g/mol. The minimum atomic E-state index is -2.62. The van der Waals surface area contributed by atoms with E-state index in [1.54, 1.807) is 14.1 Å². The van der Waals surface area contributed by atoms with Gasteiger partial charge in [-0.25, -0.2) is 0 Å². The first kappa shape index (κ1) is 26.9. The maximum Gasteiger partial charge on any atom is 0.255 e. The van der Waals surface area contributed by atoms with Crippen LogP contribution in [0.4, 0.5) is 0 Å². The molecule has 3 aliphatic carbocycles. The number of aliphatic hydroxyl groups is 3. The van der Waals surface area contributed by atoms with Gasteiger partial charge in [-0.3, -0.25) is 19.3 Å². The highest BCUT2D eigenvalue weighted by Crippen LogP contribution is 2.52. The predicted molar refractivity (Wildman–Crippen MR) is 137 cm³/mol. The van der Waals surface area contributed by atoms with E-state index in [1.807, 2.05) is 12.1 Å². The molecule has 0 bridgehead atoms. The van der Waals surface area contributed by atoms with Crippen LogP contribution in [0.3, 0.4) is 0 Å². The van der Waals surface area contributed by atoms with Gasteiger partial charge in [0.1, 0.15) is 22.8 Å². The van der Waals surface area contributed by atoms with E-state index in [-0.39, 0.29) is 28.7 Å². The van der Waals surface area contributed by atoms with E-state index >= 15 is 0 Å². The van der Waals surface area contributed by atoms with Crippen LogP contribution < -0.4 is 5.73 Å². The van der Waals surface area contributed by atoms with E-state index < -0.39 is 58.0 Å². The Morgan fingerprint density at radius 3 is 2.38 bits per heavy atom. The molecule has 1 saturated carbocycles. The van der Waals surface area contributed by atoms with Gasteiger partial charge in [0.2, 0.25) is 5.78 Å². The Labute approximate surface area is 216 Å². The van der Waals surface area contributed by atoms with Crippen LogP contribution in [0, 0.1) is 17.3 Å². The Morgan fingerprint density at radius 2 is 1.81 bits per heavy atom. The first-order valence-corrected chi connectivity index (χ1v) is 12.6. The summed E-state index contributed by atoms with van der Waals surface area (Å²) >= 11 is 0. The number of carbonyl (C=O) groups excluding carboxylic acids is 3. The van der Waals surface area contributed by atoms with Gasteiger partial charge in [-0.05, 0) is 68.7 Å². The van der Waals surface area contributed by atoms with Crippen molar-refractivity contribution in [3.05, 3.63) is 45.7 Å². The fraction of sp³-hybridized carbons (Fsp3) is 0.536. The number of Topliss-reactive ketones (excluding diaryl/α,β-unsaturated/α-hetero) is 2. The molecule has 0 aliphatic heterocycles. The average molecular weight is 513 g/mol. The number of carbonyl (C=O) groups is 3. The molecule has 9 nitrogen and oxygen atoms in total. The van der Waals surface area contributed by atoms with Gasteiger partial charge in [0, 0.05) is 11.5 Å². The number of nitrogens with zero attached hydrogens (tertiary/aromatic N) is 1. The molecule has 6 N–H and O–H groups in total. The van der Waals surface area contributed by atoms with Crippen molar-refractivity contribution in [2.75, 3.05) is 14.1 Å². The van der Waals surface area contributed by atoms with Crippen molar-refractivity contribution in [3.63, 3.8) is 0 Å². The molecule has 0 aromatic heterocycles. The zero-order chi connectivity index (χ0) is 27.6. The number of aliphatic hydroxyl groups excluding tert-OH is 2. The fourth-order valence-corrected chi connectivity index (χ4v) is 6.27. The van der Waals surface area contributed by atoms with E-state index in [1.165, 1.54) is 4.90 Å². The fourth-order valence-electron chi connectivity index (χ4n) is 6.27. The normalized spacial score (nSPS) is 27.8. The number of hydrogen-bond donors (Lipinski definition) is 5. The highest BCUT2D eigenvalue weighted by atomic mass is 16.3. The molecule has 0 radical (unpaired) electrons. The number of amides is 1. The second-order valence-corrected chi connectivity index (χ2v) is 12.0. The van der Waals surface area contributed by atoms with Gasteiger partial charge in [-0.15, -0.1) is 0 Å². The zero-order valence-electron chi connectivity index (χ0n) is 22.0. The van der Waals surface area contributed by atoms with E-state index in [2.05, 4.69) is 20.8 Å². The third-order valence-electron chi connectivity index (χ3n) is 8.05. The highest BCUT2D eigenvalue weighted by Gasteiger charge is 2.64. The third kappa shape index (κ3) is 4.14. The minimum Gasteiger partial charge on any atom is -0.508 e. The molecule has 0 heterocycles. The minimum absolute atomic E-state index is 0.0832. The summed E-state index contributed by atoms with van der Waals surface area (Å²) in [4.78, 5) is 40.5. The molecule has 1 amide bonds. The number of likely N-dealkylation sites (N-methyl/N-ethyl adjacent to an activating group) is 1. The maximum absolute atomic E-state index is 13.8. The van der Waals surface area contributed by atoms with Gasteiger partial charge in [-0.1, -0.05) is 32.9 Å². The van der Waals surface area contributed by atoms with E-state index in [9.17, 15) is 34.8 Å². The van der Waals surface area contributed by atoms with Crippen molar-refractivity contribution < 1.29 is 34.8 Å². The molecule has 0 spiro atoms. The summed E-state index contributed by atoms with van der Waals surface area (Å²) in [6.07, 6.45) is 2.72. The number of nitrogens with two attached hydrogens (primary N) is 1.